The van der Waals surface area contributed by atoms with Crippen molar-refractivity contribution in [1.29, 1.82) is 0 Å². The van der Waals surface area contributed by atoms with Gasteiger partial charge in [-0.05, 0) is 24.6 Å². The van der Waals surface area contributed by atoms with Crippen molar-refractivity contribution in [2.45, 2.75) is 6.92 Å². The Bertz CT molecular complexity index is 578. The van der Waals surface area contributed by atoms with Crippen LogP contribution in [0, 0.1) is 6.92 Å². The maximum Gasteiger partial charge on any atom is 0.244 e. The van der Waals surface area contributed by atoms with Crippen LogP contribution in [0.25, 0.3) is 0 Å². The molecule has 0 aliphatic heterocycles. The summed E-state index contributed by atoms with van der Waals surface area (Å²) < 4.78 is 4.95. The minimum absolute atomic E-state index is 0.451. The number of rotatable bonds is 6. The van der Waals surface area contributed by atoms with E-state index in [0.717, 1.165) is 11.3 Å². The highest BCUT2D eigenvalue weighted by molar-refractivity contribution is 6.30. The maximum atomic E-state index is 5.98. The van der Waals surface area contributed by atoms with Crippen LogP contribution < -0.4 is 10.6 Å². The van der Waals surface area contributed by atoms with Gasteiger partial charge in [-0.1, -0.05) is 17.7 Å². The van der Waals surface area contributed by atoms with E-state index in [2.05, 4.69) is 25.8 Å². The Balaban J connectivity index is 2.09. The van der Waals surface area contributed by atoms with E-state index in [4.69, 9.17) is 16.3 Å². The molecule has 1 aromatic heterocycles. The molecular formula is C13H16ClN5O. The number of hydrogen-bond donors (Lipinski definition) is 2. The van der Waals surface area contributed by atoms with Crippen LogP contribution in [0.1, 0.15) is 5.56 Å². The minimum atomic E-state index is 0.451. The fourth-order valence-corrected chi connectivity index (χ4v) is 1.74. The number of nitrogens with zero attached hydrogens (tertiary/aromatic N) is 3. The molecule has 0 bridgehead atoms. The highest BCUT2D eigenvalue weighted by Crippen LogP contribution is 2.23. The molecule has 2 rings (SSSR count). The Morgan fingerprint density at radius 3 is 3.00 bits per heavy atom. The van der Waals surface area contributed by atoms with E-state index in [1.165, 1.54) is 0 Å². The maximum absolute atomic E-state index is 5.98. The predicted molar refractivity (Wildman–Crippen MR) is 79.7 cm³/mol. The molecule has 0 aliphatic carbocycles. The summed E-state index contributed by atoms with van der Waals surface area (Å²) in [5.41, 5.74) is 1.96. The number of halogens is 1. The summed E-state index contributed by atoms with van der Waals surface area (Å²) in [6.45, 7) is 3.19. The molecule has 20 heavy (non-hydrogen) atoms. The molecule has 106 valence electrons. The van der Waals surface area contributed by atoms with Crippen molar-refractivity contribution in [3.63, 3.8) is 0 Å². The number of hydrogen-bond acceptors (Lipinski definition) is 6. The number of methoxy groups -OCH3 is 1. The van der Waals surface area contributed by atoms with Gasteiger partial charge < -0.3 is 15.4 Å². The van der Waals surface area contributed by atoms with E-state index in [1.807, 2.05) is 25.1 Å². The smallest absolute Gasteiger partial charge is 0.244 e. The third-order valence-corrected chi connectivity index (χ3v) is 2.85. The summed E-state index contributed by atoms with van der Waals surface area (Å²) in [6.07, 6.45) is 1.56. The Morgan fingerprint density at radius 2 is 2.20 bits per heavy atom. The molecule has 1 heterocycles. The first-order chi connectivity index (χ1) is 9.69. The van der Waals surface area contributed by atoms with Crippen molar-refractivity contribution in [3.05, 3.63) is 35.0 Å². The fourth-order valence-electron chi connectivity index (χ4n) is 1.57. The van der Waals surface area contributed by atoms with Gasteiger partial charge in [0, 0.05) is 24.4 Å². The highest BCUT2D eigenvalue weighted by atomic mass is 35.5. The second-order valence-electron chi connectivity index (χ2n) is 4.17. The van der Waals surface area contributed by atoms with E-state index in [-0.39, 0.29) is 0 Å². The Hall–Kier alpha value is -1.92. The minimum Gasteiger partial charge on any atom is -0.383 e. The topological polar surface area (TPSA) is 72.0 Å². The average molecular weight is 294 g/mol. The van der Waals surface area contributed by atoms with Gasteiger partial charge in [0.05, 0.1) is 12.8 Å². The Labute approximate surface area is 122 Å². The van der Waals surface area contributed by atoms with Crippen molar-refractivity contribution in [3.8, 4) is 0 Å². The van der Waals surface area contributed by atoms with Crippen molar-refractivity contribution in [2.75, 3.05) is 30.9 Å². The monoisotopic (exact) mass is 293 g/mol. The lowest BCUT2D eigenvalue weighted by molar-refractivity contribution is 0.210. The van der Waals surface area contributed by atoms with Gasteiger partial charge in [0.15, 0.2) is 5.82 Å². The van der Waals surface area contributed by atoms with Crippen LogP contribution in [0.15, 0.2) is 24.4 Å². The van der Waals surface area contributed by atoms with Crippen LogP contribution in [0.4, 0.5) is 17.5 Å². The molecule has 0 aliphatic rings. The third kappa shape index (κ3) is 4.04. The lowest BCUT2D eigenvalue weighted by Gasteiger charge is -2.10. The highest BCUT2D eigenvalue weighted by Gasteiger charge is 2.03. The molecule has 0 fully saturated rings. The van der Waals surface area contributed by atoms with Gasteiger partial charge in [-0.2, -0.15) is 10.1 Å². The van der Waals surface area contributed by atoms with Crippen LogP contribution >= 0.6 is 11.6 Å². The van der Waals surface area contributed by atoms with Crippen LogP contribution in [-0.2, 0) is 4.74 Å². The molecule has 0 unspecified atom stereocenters. The summed E-state index contributed by atoms with van der Waals surface area (Å²) in [4.78, 5) is 4.32. The first-order valence-electron chi connectivity index (χ1n) is 6.15. The zero-order valence-electron chi connectivity index (χ0n) is 11.4. The zero-order chi connectivity index (χ0) is 14.4. The van der Waals surface area contributed by atoms with Crippen molar-refractivity contribution in [1.82, 2.24) is 15.2 Å². The molecule has 6 nitrogen and oxygen atoms in total. The molecule has 0 atom stereocenters. The molecule has 0 radical (unpaired) electrons. The number of nitrogens with one attached hydrogen (secondary N) is 2. The second kappa shape index (κ2) is 7.02. The van der Waals surface area contributed by atoms with Crippen LogP contribution in [0.2, 0.25) is 5.02 Å². The standard InChI is InChI=1S/C13H16ClN5O/c1-9-3-4-10(14)7-11(9)17-12-8-16-19-13(18-12)15-5-6-20-2/h3-4,7-8H,5-6H2,1-2H3,(H2,15,17,18,19). The molecular weight excluding hydrogens is 278 g/mol. The van der Waals surface area contributed by atoms with E-state index in [0.29, 0.717) is 29.9 Å². The molecule has 0 amide bonds. The molecule has 0 spiro atoms. The zero-order valence-corrected chi connectivity index (χ0v) is 12.1. The molecule has 0 saturated carbocycles. The number of aromatic nitrogens is 3. The molecule has 2 N–H and O–H groups in total. The lowest BCUT2D eigenvalue weighted by Crippen LogP contribution is -2.11. The number of ether oxygens (including phenoxy) is 1. The van der Waals surface area contributed by atoms with Gasteiger partial charge in [0.1, 0.15) is 0 Å². The summed E-state index contributed by atoms with van der Waals surface area (Å²) in [5.74, 6) is 1.05. The SMILES string of the molecule is COCCNc1nncc(Nc2cc(Cl)ccc2C)n1. The Morgan fingerprint density at radius 1 is 1.35 bits per heavy atom. The predicted octanol–water partition coefficient (Wildman–Crippen LogP) is 2.64. The van der Waals surface area contributed by atoms with Crippen molar-refractivity contribution < 1.29 is 4.74 Å². The van der Waals surface area contributed by atoms with Crippen LogP contribution in [-0.4, -0.2) is 35.4 Å². The first-order valence-corrected chi connectivity index (χ1v) is 6.52. The average Bonchev–Trinajstić information content (AvgIpc) is 2.44. The van der Waals surface area contributed by atoms with E-state index in [1.54, 1.807) is 13.3 Å². The van der Waals surface area contributed by atoms with E-state index in [9.17, 15) is 0 Å². The Kier molecular flexibility index (Phi) is 5.09. The summed E-state index contributed by atoms with van der Waals surface area (Å²) in [5, 5.41) is 14.7. The molecule has 0 saturated heterocycles. The van der Waals surface area contributed by atoms with Crippen molar-refractivity contribution in [2.24, 2.45) is 0 Å². The van der Waals surface area contributed by atoms with Gasteiger partial charge in [0.2, 0.25) is 5.95 Å². The molecule has 2 aromatic rings. The molecule has 7 heteroatoms. The van der Waals surface area contributed by atoms with E-state index < -0.39 is 0 Å². The van der Waals surface area contributed by atoms with E-state index >= 15 is 0 Å². The summed E-state index contributed by atoms with van der Waals surface area (Å²) in [7, 11) is 1.64. The van der Waals surface area contributed by atoms with Gasteiger partial charge >= 0.3 is 0 Å². The quantitative estimate of drug-likeness (QED) is 0.798. The molecule has 1 aromatic carbocycles. The van der Waals surface area contributed by atoms with Crippen molar-refractivity contribution >= 4 is 29.1 Å². The van der Waals surface area contributed by atoms with Crippen LogP contribution in [0.5, 0.6) is 0 Å². The normalized spacial score (nSPS) is 10.3. The second-order valence-corrected chi connectivity index (χ2v) is 4.61. The lowest BCUT2D eigenvalue weighted by atomic mass is 10.2. The van der Waals surface area contributed by atoms with Gasteiger partial charge in [-0.3, -0.25) is 0 Å². The van der Waals surface area contributed by atoms with Crippen LogP contribution in [0.3, 0.4) is 0 Å². The summed E-state index contributed by atoms with van der Waals surface area (Å²) in [6, 6.07) is 5.63. The number of aryl methyl sites for hydroxylation is 1. The third-order valence-electron chi connectivity index (χ3n) is 2.61. The first kappa shape index (κ1) is 14.5. The largest absolute Gasteiger partial charge is 0.383 e. The number of anilines is 3. The summed E-state index contributed by atoms with van der Waals surface area (Å²) >= 11 is 5.98. The number of benzene rings is 1. The fraction of sp³-hybridized carbons (Fsp3) is 0.308. The van der Waals surface area contributed by atoms with Gasteiger partial charge in [0.25, 0.3) is 0 Å². The van der Waals surface area contributed by atoms with Gasteiger partial charge in [-0.15, -0.1) is 5.10 Å². The van der Waals surface area contributed by atoms with Gasteiger partial charge in [-0.25, -0.2) is 0 Å².